The molecule has 0 bridgehead atoms. The van der Waals surface area contributed by atoms with Gasteiger partial charge in [0.05, 0.1) is 6.85 Å². The molecule has 27 heavy (non-hydrogen) atoms. The number of hydrogen-bond acceptors (Lipinski definition) is 3. The monoisotopic (exact) mass is 372 g/mol. The Hall–Kier alpha value is -3.30. The van der Waals surface area contributed by atoms with Gasteiger partial charge in [0.1, 0.15) is 0 Å². The molecule has 0 saturated heterocycles. The lowest BCUT2D eigenvalue weighted by Crippen LogP contribution is -1.97. The maximum absolute atomic E-state index is 8.20. The fourth-order valence-corrected chi connectivity index (χ4v) is 3.25. The van der Waals surface area contributed by atoms with Gasteiger partial charge in [0, 0.05) is 11.1 Å². The van der Waals surface area contributed by atoms with E-state index in [-0.39, 0.29) is 22.5 Å². The highest BCUT2D eigenvalue weighted by Gasteiger charge is 2.10. The summed E-state index contributed by atoms with van der Waals surface area (Å²) in [6, 6.07) is 15.7. The minimum Gasteiger partial charge on any atom is -0.208 e. The van der Waals surface area contributed by atoms with E-state index in [0.717, 1.165) is 21.5 Å². The lowest BCUT2D eigenvalue weighted by molar-refractivity contribution is 1.07. The molecule has 0 amide bonds. The van der Waals surface area contributed by atoms with Gasteiger partial charge < -0.3 is 0 Å². The first-order valence-electron chi connectivity index (χ1n) is 10.8. The van der Waals surface area contributed by atoms with Crippen molar-refractivity contribution in [1.82, 2.24) is 15.0 Å². The van der Waals surface area contributed by atoms with Gasteiger partial charge in [-0.25, -0.2) is 4.98 Å². The zero-order valence-corrected chi connectivity index (χ0v) is 14.7. The molecule has 3 nitrogen and oxygen atoms in total. The van der Waals surface area contributed by atoms with Gasteiger partial charge in [-0.1, -0.05) is 78.7 Å². The summed E-state index contributed by atoms with van der Waals surface area (Å²) in [5.74, 6) is 0.177. The molecule has 0 aliphatic heterocycles. The van der Waals surface area contributed by atoms with Crippen molar-refractivity contribution in [3.05, 3.63) is 90.1 Å². The van der Waals surface area contributed by atoms with Crippen LogP contribution in [0.1, 0.15) is 6.85 Å². The molecule has 0 unspecified atom stereocenters. The van der Waals surface area contributed by atoms with E-state index in [1.807, 2.05) is 48.5 Å². The molecule has 0 spiro atoms. The average Bonchev–Trinajstić information content (AvgIpc) is 2.81. The first kappa shape index (κ1) is 11.4. The van der Waals surface area contributed by atoms with Gasteiger partial charge in [0.25, 0.3) is 0 Å². The third kappa shape index (κ3) is 2.92. The van der Waals surface area contributed by atoms with Crippen LogP contribution in [0.4, 0.5) is 0 Å². The summed E-state index contributed by atoms with van der Waals surface area (Å²) in [6.45, 7) is 0. The Morgan fingerprint density at radius 2 is 1.33 bits per heavy atom. The summed E-state index contributed by atoms with van der Waals surface area (Å²) in [6.07, 6.45) is 0. The molecule has 0 fully saturated rings. The third-order valence-electron chi connectivity index (χ3n) is 4.34. The quantitative estimate of drug-likeness (QED) is 0.348. The Morgan fingerprint density at radius 1 is 0.667 bits per heavy atom. The van der Waals surface area contributed by atoms with E-state index >= 15 is 0 Å². The molecule has 0 aliphatic carbocycles. The predicted octanol–water partition coefficient (Wildman–Crippen LogP) is 6.17. The molecule has 1 aromatic heterocycles. The smallest absolute Gasteiger partial charge is 0.208 e. The second kappa shape index (κ2) is 6.45. The number of benzene rings is 4. The number of rotatable bonds is 2. The maximum Gasteiger partial charge on any atom is 0.226 e. The Morgan fingerprint density at radius 3 is 2.15 bits per heavy atom. The average molecular weight is 373 g/mol. The summed E-state index contributed by atoms with van der Waals surface area (Å²) < 4.78 is 40.0. The predicted molar refractivity (Wildman–Crippen MR) is 111 cm³/mol. The Balaban J connectivity index is 1.74. The van der Waals surface area contributed by atoms with E-state index in [2.05, 4.69) is 21.0 Å². The van der Waals surface area contributed by atoms with Crippen LogP contribution in [-0.2, 0) is 0 Å². The molecule has 0 N–H and O–H groups in total. The molecule has 4 aromatic carbocycles. The lowest BCUT2D eigenvalue weighted by Gasteiger charge is -2.08. The molecular formula is C23H14ClN3. The fourth-order valence-electron chi connectivity index (χ4n) is 3.09. The highest BCUT2D eigenvalue weighted by Crippen LogP contribution is 2.29. The van der Waals surface area contributed by atoms with Crippen molar-refractivity contribution in [2.45, 2.75) is 0 Å². The number of halogens is 1. The van der Waals surface area contributed by atoms with Crippen molar-refractivity contribution >= 4 is 33.1 Å². The zero-order valence-electron chi connectivity index (χ0n) is 18.9. The first-order valence-corrected chi connectivity index (χ1v) is 8.63. The molecular weight excluding hydrogens is 354 g/mol. The van der Waals surface area contributed by atoms with Crippen molar-refractivity contribution in [1.29, 1.82) is 0 Å². The normalized spacial score (nSPS) is 13.7. The standard InChI is InChI=1S/C23H14ClN3/c24-23-26-21(17-7-2-1-3-8-17)25-22(27-23)18-13-12-16-11-10-15-6-4-5-9-19(15)20(16)14-18/h1-14H/i1D,2D,3D,7D,8D. The second-order valence-corrected chi connectivity index (χ2v) is 6.31. The van der Waals surface area contributed by atoms with Crippen LogP contribution >= 0.6 is 11.6 Å². The number of fused-ring (bicyclic) bond motifs is 3. The molecule has 1 heterocycles. The van der Waals surface area contributed by atoms with Crippen molar-refractivity contribution in [3.8, 4) is 22.8 Å². The van der Waals surface area contributed by atoms with Gasteiger partial charge in [-0.2, -0.15) is 9.97 Å². The van der Waals surface area contributed by atoms with Gasteiger partial charge in [-0.3, -0.25) is 0 Å². The van der Waals surface area contributed by atoms with Gasteiger partial charge in [0.2, 0.25) is 5.28 Å². The van der Waals surface area contributed by atoms with Crippen LogP contribution in [0.25, 0.3) is 44.3 Å². The lowest BCUT2D eigenvalue weighted by atomic mass is 10.00. The minimum absolute atomic E-state index is 0.0741. The maximum atomic E-state index is 8.20. The number of nitrogens with zero attached hydrogens (tertiary/aromatic N) is 3. The Kier molecular flexibility index (Phi) is 2.73. The van der Waals surface area contributed by atoms with Crippen LogP contribution in [0.2, 0.25) is 5.28 Å². The fraction of sp³-hybridized carbons (Fsp3) is 0. The molecule has 0 aliphatic rings. The second-order valence-electron chi connectivity index (χ2n) is 5.97. The molecule has 0 atom stereocenters. The molecule has 4 heteroatoms. The van der Waals surface area contributed by atoms with Crippen LogP contribution in [0.15, 0.2) is 84.8 Å². The summed E-state index contributed by atoms with van der Waals surface area (Å²) in [4.78, 5) is 12.7. The highest BCUT2D eigenvalue weighted by atomic mass is 35.5. The summed E-state index contributed by atoms with van der Waals surface area (Å²) in [5, 5.41) is 4.12. The molecule has 5 aromatic rings. The summed E-state index contributed by atoms with van der Waals surface area (Å²) >= 11 is 6.16. The van der Waals surface area contributed by atoms with Crippen molar-refractivity contribution in [2.24, 2.45) is 0 Å². The van der Waals surface area contributed by atoms with Crippen molar-refractivity contribution in [3.63, 3.8) is 0 Å². The zero-order chi connectivity index (χ0) is 22.6. The van der Waals surface area contributed by atoms with Gasteiger partial charge >= 0.3 is 0 Å². The van der Waals surface area contributed by atoms with Gasteiger partial charge in [0.15, 0.2) is 11.6 Å². The van der Waals surface area contributed by atoms with Gasteiger partial charge in [-0.05, 0) is 39.2 Å². The molecule has 5 rings (SSSR count). The highest BCUT2D eigenvalue weighted by molar-refractivity contribution is 6.28. The molecule has 0 radical (unpaired) electrons. The third-order valence-corrected chi connectivity index (χ3v) is 4.51. The van der Waals surface area contributed by atoms with Crippen LogP contribution < -0.4 is 0 Å². The van der Waals surface area contributed by atoms with Crippen molar-refractivity contribution in [2.75, 3.05) is 0 Å². The number of hydrogen-bond donors (Lipinski definition) is 0. The van der Waals surface area contributed by atoms with E-state index in [1.165, 1.54) is 0 Å². The van der Waals surface area contributed by atoms with E-state index in [0.29, 0.717) is 5.56 Å². The molecule has 0 saturated carbocycles. The summed E-state index contributed by atoms with van der Waals surface area (Å²) in [7, 11) is 0. The van der Waals surface area contributed by atoms with E-state index in [1.54, 1.807) is 0 Å². The van der Waals surface area contributed by atoms with E-state index in [9.17, 15) is 0 Å². The van der Waals surface area contributed by atoms with Crippen LogP contribution in [0, 0.1) is 0 Å². The van der Waals surface area contributed by atoms with Crippen molar-refractivity contribution < 1.29 is 6.85 Å². The van der Waals surface area contributed by atoms with Crippen LogP contribution in [-0.4, -0.2) is 15.0 Å². The minimum atomic E-state index is -0.481. The SMILES string of the molecule is [2H]c1c([2H])c([2H])c(-c2nc(Cl)nc(-c3ccc4ccc5ccccc5c4c3)n2)c([2H])c1[2H]. The van der Waals surface area contributed by atoms with E-state index in [4.69, 9.17) is 18.5 Å². The number of aromatic nitrogens is 3. The first-order chi connectivity index (χ1) is 15.3. The topological polar surface area (TPSA) is 38.7 Å². The van der Waals surface area contributed by atoms with Crippen LogP contribution in [0.3, 0.4) is 0 Å². The Bertz CT molecular complexity index is 1530. The summed E-state index contributed by atoms with van der Waals surface area (Å²) in [5.41, 5.74) is 0.555. The van der Waals surface area contributed by atoms with E-state index < -0.39 is 30.2 Å². The van der Waals surface area contributed by atoms with Gasteiger partial charge in [-0.15, -0.1) is 0 Å². The van der Waals surface area contributed by atoms with Crippen LogP contribution in [0.5, 0.6) is 0 Å². The largest absolute Gasteiger partial charge is 0.226 e. The Labute approximate surface area is 168 Å². The molecule has 128 valence electrons.